The number of benzene rings is 1. The van der Waals surface area contributed by atoms with Gasteiger partial charge in [-0.15, -0.1) is 0 Å². The van der Waals surface area contributed by atoms with Crippen molar-refractivity contribution < 1.29 is 19.0 Å². The molecule has 1 aromatic rings. The monoisotopic (exact) mass is 255 g/mol. The van der Waals surface area contributed by atoms with Gasteiger partial charge in [0.15, 0.2) is 11.6 Å². The van der Waals surface area contributed by atoms with Crippen LogP contribution in [-0.4, -0.2) is 42.2 Å². The van der Waals surface area contributed by atoms with E-state index in [9.17, 15) is 9.18 Å². The molecule has 0 saturated carbocycles. The minimum Gasteiger partial charge on any atom is -0.489 e. The predicted octanol–water partition coefficient (Wildman–Crippen LogP) is 2.00. The summed E-state index contributed by atoms with van der Waals surface area (Å²) in [6.45, 7) is 3.39. The summed E-state index contributed by atoms with van der Waals surface area (Å²) in [4.78, 5) is 12.4. The Morgan fingerprint density at radius 3 is 2.72 bits per heavy atom. The second kappa shape index (κ2) is 7.66. The van der Waals surface area contributed by atoms with Gasteiger partial charge in [-0.2, -0.15) is 0 Å². The average Bonchev–Trinajstić information content (AvgIpc) is 2.31. The van der Waals surface area contributed by atoms with E-state index in [0.717, 1.165) is 6.42 Å². The molecular formula is C13H18FNO3. The Hall–Kier alpha value is -1.62. The molecule has 0 bridgehead atoms. The third-order valence-electron chi connectivity index (χ3n) is 2.40. The maximum absolute atomic E-state index is 13.2. The van der Waals surface area contributed by atoms with Crippen molar-refractivity contribution in [1.29, 1.82) is 0 Å². The van der Waals surface area contributed by atoms with E-state index < -0.39 is 11.8 Å². The van der Waals surface area contributed by atoms with Gasteiger partial charge >= 0.3 is 5.97 Å². The molecule has 0 radical (unpaired) electrons. The zero-order valence-electron chi connectivity index (χ0n) is 10.4. The zero-order chi connectivity index (χ0) is 13.4. The predicted molar refractivity (Wildman–Crippen MR) is 66.3 cm³/mol. The van der Waals surface area contributed by atoms with Crippen molar-refractivity contribution in [3.63, 3.8) is 0 Å². The summed E-state index contributed by atoms with van der Waals surface area (Å²) < 4.78 is 18.5. The second-order valence-electron chi connectivity index (χ2n) is 3.95. The minimum absolute atomic E-state index is 0.0194. The lowest BCUT2D eigenvalue weighted by atomic mass is 10.3. The number of hydrogen-bond acceptors (Lipinski definition) is 3. The molecule has 1 aromatic carbocycles. The van der Waals surface area contributed by atoms with E-state index in [2.05, 4.69) is 0 Å². The maximum atomic E-state index is 13.2. The maximum Gasteiger partial charge on any atom is 0.317 e. The number of carbonyl (C=O) groups is 1. The van der Waals surface area contributed by atoms with Gasteiger partial charge in [0.25, 0.3) is 0 Å². The number of ether oxygens (including phenoxy) is 1. The molecule has 0 fully saturated rings. The van der Waals surface area contributed by atoms with Crippen LogP contribution in [0, 0.1) is 5.82 Å². The molecule has 1 N–H and O–H groups in total. The van der Waals surface area contributed by atoms with E-state index in [1.807, 2.05) is 6.92 Å². The van der Waals surface area contributed by atoms with Gasteiger partial charge in [-0.25, -0.2) is 4.39 Å². The highest BCUT2D eigenvalue weighted by Crippen LogP contribution is 2.15. The van der Waals surface area contributed by atoms with Gasteiger partial charge in [0.05, 0.1) is 6.54 Å². The van der Waals surface area contributed by atoms with Crippen LogP contribution in [0.2, 0.25) is 0 Å². The molecule has 0 aromatic heterocycles. The molecule has 1 rings (SSSR count). The number of aliphatic carboxylic acids is 1. The van der Waals surface area contributed by atoms with Gasteiger partial charge in [0, 0.05) is 6.54 Å². The van der Waals surface area contributed by atoms with Crippen LogP contribution in [0.15, 0.2) is 24.3 Å². The molecule has 0 aliphatic heterocycles. The largest absolute Gasteiger partial charge is 0.489 e. The summed E-state index contributed by atoms with van der Waals surface area (Å²) in [7, 11) is 0. The van der Waals surface area contributed by atoms with Crippen LogP contribution in [0.4, 0.5) is 4.39 Å². The number of para-hydroxylation sites is 1. The van der Waals surface area contributed by atoms with Crippen LogP contribution in [0.25, 0.3) is 0 Å². The molecule has 0 unspecified atom stereocenters. The molecule has 0 atom stereocenters. The smallest absolute Gasteiger partial charge is 0.317 e. The highest BCUT2D eigenvalue weighted by atomic mass is 19.1. The van der Waals surface area contributed by atoms with Crippen LogP contribution in [0.1, 0.15) is 13.3 Å². The average molecular weight is 255 g/mol. The van der Waals surface area contributed by atoms with E-state index in [1.54, 1.807) is 23.1 Å². The minimum atomic E-state index is -0.866. The van der Waals surface area contributed by atoms with Crippen molar-refractivity contribution in [1.82, 2.24) is 4.90 Å². The topological polar surface area (TPSA) is 49.8 Å². The van der Waals surface area contributed by atoms with E-state index >= 15 is 0 Å². The van der Waals surface area contributed by atoms with Crippen LogP contribution >= 0.6 is 0 Å². The number of hydrogen-bond donors (Lipinski definition) is 1. The van der Waals surface area contributed by atoms with Crippen molar-refractivity contribution in [3.8, 4) is 5.75 Å². The fourth-order valence-corrected chi connectivity index (χ4v) is 1.62. The van der Waals surface area contributed by atoms with Crippen molar-refractivity contribution >= 4 is 5.97 Å². The lowest BCUT2D eigenvalue weighted by Crippen LogP contribution is -2.34. The number of rotatable bonds is 8. The molecule has 0 amide bonds. The van der Waals surface area contributed by atoms with E-state index in [-0.39, 0.29) is 18.9 Å². The Labute approximate surface area is 106 Å². The highest BCUT2D eigenvalue weighted by molar-refractivity contribution is 5.69. The first-order valence-electron chi connectivity index (χ1n) is 5.95. The molecule has 0 saturated heterocycles. The normalized spacial score (nSPS) is 10.6. The van der Waals surface area contributed by atoms with Crippen LogP contribution in [0.3, 0.4) is 0 Å². The Bertz CT molecular complexity index is 384. The Kier molecular flexibility index (Phi) is 6.14. The van der Waals surface area contributed by atoms with Crippen LogP contribution < -0.4 is 4.74 Å². The van der Waals surface area contributed by atoms with Crippen molar-refractivity contribution in [2.75, 3.05) is 26.2 Å². The Morgan fingerprint density at radius 1 is 1.39 bits per heavy atom. The second-order valence-corrected chi connectivity index (χ2v) is 3.95. The number of halogens is 1. The van der Waals surface area contributed by atoms with Gasteiger partial charge in [-0.1, -0.05) is 19.1 Å². The molecule has 0 spiro atoms. The van der Waals surface area contributed by atoms with Crippen LogP contribution in [-0.2, 0) is 4.79 Å². The van der Waals surface area contributed by atoms with E-state index in [0.29, 0.717) is 13.1 Å². The summed E-state index contributed by atoms with van der Waals surface area (Å²) in [5.74, 6) is -1.07. The lowest BCUT2D eigenvalue weighted by molar-refractivity contribution is -0.138. The fraction of sp³-hybridized carbons (Fsp3) is 0.462. The first-order valence-corrected chi connectivity index (χ1v) is 5.95. The van der Waals surface area contributed by atoms with Crippen molar-refractivity contribution in [2.45, 2.75) is 13.3 Å². The molecule has 0 heterocycles. The molecule has 4 nitrogen and oxygen atoms in total. The quantitative estimate of drug-likeness (QED) is 0.772. The van der Waals surface area contributed by atoms with Gasteiger partial charge in [0.1, 0.15) is 6.61 Å². The highest BCUT2D eigenvalue weighted by Gasteiger charge is 2.09. The summed E-state index contributed by atoms with van der Waals surface area (Å²) in [5.41, 5.74) is 0. The molecule has 0 aliphatic rings. The number of carboxylic acids is 1. The van der Waals surface area contributed by atoms with E-state index in [4.69, 9.17) is 9.84 Å². The van der Waals surface area contributed by atoms with Gasteiger partial charge in [-0.3, -0.25) is 9.69 Å². The van der Waals surface area contributed by atoms with Crippen molar-refractivity contribution in [3.05, 3.63) is 30.1 Å². The third-order valence-corrected chi connectivity index (χ3v) is 2.40. The van der Waals surface area contributed by atoms with E-state index in [1.165, 1.54) is 6.07 Å². The SMILES string of the molecule is CCCN(CCOc1ccccc1F)CC(=O)O. The lowest BCUT2D eigenvalue weighted by Gasteiger charge is -2.19. The molecule has 0 aliphatic carbocycles. The molecule has 18 heavy (non-hydrogen) atoms. The number of nitrogens with zero attached hydrogens (tertiary/aromatic N) is 1. The summed E-state index contributed by atoms with van der Waals surface area (Å²) in [6.07, 6.45) is 0.868. The molecular weight excluding hydrogens is 237 g/mol. The summed E-state index contributed by atoms with van der Waals surface area (Å²) in [5, 5.41) is 8.73. The third kappa shape index (κ3) is 5.14. The number of carboxylic acid groups (broad SMARTS) is 1. The van der Waals surface area contributed by atoms with Crippen molar-refractivity contribution in [2.24, 2.45) is 0 Å². The Morgan fingerprint density at radius 2 is 2.11 bits per heavy atom. The van der Waals surface area contributed by atoms with Gasteiger partial charge in [0.2, 0.25) is 0 Å². The van der Waals surface area contributed by atoms with Gasteiger partial charge < -0.3 is 9.84 Å². The standard InChI is InChI=1S/C13H18FNO3/c1-2-7-15(10-13(16)17)8-9-18-12-6-4-3-5-11(12)14/h3-6H,2,7-10H2,1H3,(H,16,17). The first kappa shape index (κ1) is 14.4. The summed E-state index contributed by atoms with van der Waals surface area (Å²) >= 11 is 0. The first-order chi connectivity index (χ1) is 8.63. The summed E-state index contributed by atoms with van der Waals surface area (Å²) in [6, 6.07) is 6.17. The Balaban J connectivity index is 2.38. The van der Waals surface area contributed by atoms with Gasteiger partial charge in [-0.05, 0) is 25.1 Å². The fourth-order valence-electron chi connectivity index (χ4n) is 1.62. The zero-order valence-corrected chi connectivity index (χ0v) is 10.4. The molecule has 100 valence electrons. The molecule has 5 heteroatoms. The van der Waals surface area contributed by atoms with Crippen LogP contribution in [0.5, 0.6) is 5.75 Å².